The molecule has 0 saturated carbocycles. The zero-order valence-electron chi connectivity index (χ0n) is 9.77. The summed E-state index contributed by atoms with van der Waals surface area (Å²) in [6.45, 7) is 0. The van der Waals surface area contributed by atoms with Gasteiger partial charge in [-0.25, -0.2) is 0 Å². The third kappa shape index (κ3) is 3.61. The van der Waals surface area contributed by atoms with E-state index in [4.69, 9.17) is 0 Å². The molecular formula is C14H15Ga-. The van der Waals surface area contributed by atoms with Gasteiger partial charge < -0.3 is 1.43 Å². The van der Waals surface area contributed by atoms with E-state index in [9.17, 15) is 0 Å². The average molecular weight is 253 g/mol. The maximum absolute atomic E-state index is 2.24. The van der Waals surface area contributed by atoms with Crippen LogP contribution in [-0.4, -0.2) is 17.4 Å². The molecule has 0 saturated heterocycles. The van der Waals surface area contributed by atoms with Crippen LogP contribution in [0.3, 0.4) is 0 Å². The number of rotatable bonds is 4. The molecule has 0 aliphatic carbocycles. The van der Waals surface area contributed by atoms with Gasteiger partial charge in [0.1, 0.15) is 0 Å². The standard InChI is InChI=1S/2C7H7.Ga.H/c2*1-7-5-3-2-4-6-7;;/h2*2-6H,1H2;;/q;;;-1. The molecule has 0 heterocycles. The Morgan fingerprint density at radius 3 is 1.47 bits per heavy atom. The maximum atomic E-state index is 2.24. The Bertz CT molecular complexity index is 346. The molecule has 1 radical (unpaired) electrons. The number of benzene rings is 2. The van der Waals surface area contributed by atoms with Crippen LogP contribution in [0.4, 0.5) is 0 Å². The summed E-state index contributed by atoms with van der Waals surface area (Å²) in [5.41, 5.74) is 3.02. The summed E-state index contributed by atoms with van der Waals surface area (Å²) in [5.74, 6) is 0. The molecule has 0 aromatic heterocycles. The van der Waals surface area contributed by atoms with Crippen LogP contribution in [0.2, 0.25) is 0 Å². The summed E-state index contributed by atoms with van der Waals surface area (Å²) in [5, 5.41) is 0. The summed E-state index contributed by atoms with van der Waals surface area (Å²) in [6.07, 6.45) is 0. The molecular weight excluding hydrogens is 238 g/mol. The Balaban J connectivity index is 0.00000128. The van der Waals surface area contributed by atoms with Gasteiger partial charge in [0.2, 0.25) is 0 Å². The van der Waals surface area contributed by atoms with E-state index in [1.807, 2.05) is 0 Å². The van der Waals surface area contributed by atoms with Crippen molar-refractivity contribution >= 4 is 17.4 Å². The molecule has 0 aliphatic heterocycles. The van der Waals surface area contributed by atoms with E-state index in [1.165, 1.54) is 21.1 Å². The third-order valence-corrected chi connectivity index (χ3v) is 5.64. The van der Waals surface area contributed by atoms with E-state index >= 15 is 0 Å². The van der Waals surface area contributed by atoms with Crippen molar-refractivity contribution < 1.29 is 1.43 Å². The van der Waals surface area contributed by atoms with Crippen molar-refractivity contribution in [1.29, 1.82) is 0 Å². The van der Waals surface area contributed by atoms with Crippen LogP contribution in [0.5, 0.6) is 0 Å². The fraction of sp³-hybridized carbons (Fsp3) is 0.143. The van der Waals surface area contributed by atoms with Crippen LogP contribution in [0, 0.1) is 0 Å². The quantitative estimate of drug-likeness (QED) is 0.734. The molecule has 0 atom stereocenters. The predicted molar refractivity (Wildman–Crippen MR) is 67.2 cm³/mol. The van der Waals surface area contributed by atoms with Crippen molar-refractivity contribution in [2.75, 3.05) is 0 Å². The first-order chi connectivity index (χ1) is 7.45. The van der Waals surface area contributed by atoms with E-state index in [2.05, 4.69) is 60.7 Å². The zero-order chi connectivity index (χ0) is 10.3. The first kappa shape index (κ1) is 10.6. The molecule has 0 nitrogen and oxygen atoms in total. The molecule has 1 heteroatoms. The predicted octanol–water partition coefficient (Wildman–Crippen LogP) is 3.20. The third-order valence-electron chi connectivity index (χ3n) is 2.45. The van der Waals surface area contributed by atoms with Crippen LogP contribution in [0.15, 0.2) is 60.7 Å². The Kier molecular flexibility index (Phi) is 4.12. The average Bonchev–Trinajstić information content (AvgIpc) is 2.32. The zero-order valence-corrected chi connectivity index (χ0v) is 11.2. The fourth-order valence-corrected chi connectivity index (χ4v) is 4.48. The van der Waals surface area contributed by atoms with Gasteiger partial charge in [-0.2, -0.15) is 0 Å². The number of hydrogen-bond donors (Lipinski definition) is 0. The van der Waals surface area contributed by atoms with Gasteiger partial charge in [-0.15, -0.1) is 0 Å². The van der Waals surface area contributed by atoms with Gasteiger partial charge in [-0.1, -0.05) is 0 Å². The molecule has 2 aromatic rings. The van der Waals surface area contributed by atoms with Gasteiger partial charge in [-0.05, 0) is 0 Å². The first-order valence-corrected chi connectivity index (χ1v) is 8.77. The van der Waals surface area contributed by atoms with Crippen molar-refractivity contribution in [3.05, 3.63) is 71.8 Å². The minimum atomic E-state index is -0.137. The van der Waals surface area contributed by atoms with E-state index in [0.29, 0.717) is 0 Å². The van der Waals surface area contributed by atoms with Crippen LogP contribution < -0.4 is 0 Å². The van der Waals surface area contributed by atoms with Crippen molar-refractivity contribution in [1.82, 2.24) is 0 Å². The summed E-state index contributed by atoms with van der Waals surface area (Å²) in [6, 6.07) is 21.7. The minimum absolute atomic E-state index is 0. The molecule has 0 amide bonds. The Hall–Kier alpha value is -0.924. The Morgan fingerprint density at radius 2 is 1.07 bits per heavy atom. The van der Waals surface area contributed by atoms with Crippen molar-refractivity contribution in [3.8, 4) is 0 Å². The number of hydrogen-bond acceptors (Lipinski definition) is 0. The normalized spacial score (nSPS) is 9.87. The van der Waals surface area contributed by atoms with Gasteiger partial charge in [0.25, 0.3) is 0 Å². The van der Waals surface area contributed by atoms with Gasteiger partial charge in [0.15, 0.2) is 0 Å². The molecule has 0 unspecified atom stereocenters. The second kappa shape index (κ2) is 5.84. The van der Waals surface area contributed by atoms with E-state index in [0.717, 1.165) is 0 Å². The van der Waals surface area contributed by atoms with Crippen LogP contribution in [-0.2, 0) is 9.95 Å². The molecule has 75 valence electrons. The van der Waals surface area contributed by atoms with Gasteiger partial charge in [-0.3, -0.25) is 0 Å². The van der Waals surface area contributed by atoms with Crippen LogP contribution >= 0.6 is 0 Å². The summed E-state index contributed by atoms with van der Waals surface area (Å²) in [4.78, 5) is 2.67. The van der Waals surface area contributed by atoms with Crippen molar-refractivity contribution in [2.24, 2.45) is 0 Å². The molecule has 15 heavy (non-hydrogen) atoms. The van der Waals surface area contributed by atoms with Crippen molar-refractivity contribution in [3.63, 3.8) is 0 Å². The second-order valence-corrected chi connectivity index (χ2v) is 6.59. The fourth-order valence-electron chi connectivity index (χ4n) is 1.63. The topological polar surface area (TPSA) is 0 Å². The second-order valence-electron chi connectivity index (χ2n) is 3.67. The van der Waals surface area contributed by atoms with Crippen molar-refractivity contribution in [2.45, 2.75) is 9.95 Å². The summed E-state index contributed by atoms with van der Waals surface area (Å²) in [7, 11) is 0. The van der Waals surface area contributed by atoms with Gasteiger partial charge >= 0.3 is 99.1 Å². The molecule has 2 aromatic carbocycles. The molecule has 2 rings (SSSR count). The molecule has 0 fully saturated rings. The first-order valence-electron chi connectivity index (χ1n) is 5.34. The van der Waals surface area contributed by atoms with E-state index < -0.39 is 0 Å². The van der Waals surface area contributed by atoms with E-state index in [-0.39, 0.29) is 18.8 Å². The van der Waals surface area contributed by atoms with Gasteiger partial charge in [0.05, 0.1) is 0 Å². The van der Waals surface area contributed by atoms with Crippen LogP contribution in [0.25, 0.3) is 0 Å². The van der Waals surface area contributed by atoms with E-state index in [1.54, 1.807) is 0 Å². The Labute approximate surface area is 101 Å². The molecule has 0 N–H and O–H groups in total. The molecule has 0 aliphatic rings. The molecule has 0 spiro atoms. The SMILES string of the molecule is [H-].c1ccc([CH2][Ga][CH2]c2ccccc2)cc1. The monoisotopic (exact) mass is 252 g/mol. The molecule has 0 bridgehead atoms. The Morgan fingerprint density at radius 1 is 0.667 bits per heavy atom. The van der Waals surface area contributed by atoms with Crippen LogP contribution in [0.1, 0.15) is 12.6 Å². The van der Waals surface area contributed by atoms with Gasteiger partial charge in [0, 0.05) is 0 Å². The summed E-state index contributed by atoms with van der Waals surface area (Å²) < 4.78 is 0. The summed E-state index contributed by atoms with van der Waals surface area (Å²) >= 11 is -0.137.